The maximum absolute atomic E-state index is 14.5. The van der Waals surface area contributed by atoms with Gasteiger partial charge in [0.1, 0.15) is 28.9 Å². The number of halogens is 2. The number of fused-ring (bicyclic) bond motifs is 2. The maximum Gasteiger partial charge on any atom is 0.283 e. The molecule has 2 N–H and O–H groups in total. The minimum absolute atomic E-state index is 0.0817. The molecule has 11 heteroatoms. The summed E-state index contributed by atoms with van der Waals surface area (Å²) in [4.78, 5) is 33.2. The van der Waals surface area contributed by atoms with Crippen LogP contribution in [0.5, 0.6) is 0 Å². The van der Waals surface area contributed by atoms with Gasteiger partial charge in [0.15, 0.2) is 17.3 Å². The van der Waals surface area contributed by atoms with Crippen LogP contribution in [-0.4, -0.2) is 36.6 Å². The van der Waals surface area contributed by atoms with Gasteiger partial charge in [-0.1, -0.05) is 6.07 Å². The average Bonchev–Trinajstić information content (AvgIpc) is 3.27. The number of benzene rings is 2. The molecule has 0 saturated carbocycles. The van der Waals surface area contributed by atoms with Crippen LogP contribution in [0.15, 0.2) is 59.9 Å². The summed E-state index contributed by atoms with van der Waals surface area (Å²) in [6, 6.07) is 9.87. The van der Waals surface area contributed by atoms with Crippen molar-refractivity contribution in [2.75, 3.05) is 17.4 Å². The molecule has 9 nitrogen and oxygen atoms in total. The average molecular weight is 434 g/mol. The van der Waals surface area contributed by atoms with Crippen LogP contribution in [0, 0.1) is 11.6 Å². The fraction of sp³-hybridized carbons (Fsp3) is 0.0952. The summed E-state index contributed by atoms with van der Waals surface area (Å²) < 4.78 is 29.2. The number of H-pyrrole nitrogens is 1. The van der Waals surface area contributed by atoms with E-state index in [-0.39, 0.29) is 17.4 Å². The van der Waals surface area contributed by atoms with Gasteiger partial charge in [-0.3, -0.25) is 9.80 Å². The van der Waals surface area contributed by atoms with Gasteiger partial charge in [0.2, 0.25) is 0 Å². The van der Waals surface area contributed by atoms with Gasteiger partial charge in [-0.2, -0.15) is 0 Å². The van der Waals surface area contributed by atoms with E-state index in [1.54, 1.807) is 13.1 Å². The van der Waals surface area contributed by atoms with Crippen LogP contribution in [0.1, 0.15) is 5.82 Å². The maximum atomic E-state index is 14.5. The summed E-state index contributed by atoms with van der Waals surface area (Å²) in [5.41, 5.74) is 1.23. The van der Waals surface area contributed by atoms with Gasteiger partial charge < -0.3 is 10.3 Å². The Labute approximate surface area is 179 Å². The Morgan fingerprint density at radius 2 is 1.91 bits per heavy atom. The third kappa shape index (κ3) is 3.29. The SMILES string of the molecule is CN(c1ccc(F)cc1)n1c(CNc2ncnc3nc[nH]c23)nc2cccc(F)c2c1=O. The summed E-state index contributed by atoms with van der Waals surface area (Å²) in [5.74, 6) is -0.314. The monoisotopic (exact) mass is 434 g/mol. The number of hydrogen-bond donors (Lipinski definition) is 2. The first-order valence-corrected chi connectivity index (χ1v) is 9.60. The van der Waals surface area contributed by atoms with Gasteiger partial charge in [-0.05, 0) is 36.4 Å². The normalized spacial score (nSPS) is 11.2. The molecule has 2 aromatic carbocycles. The Morgan fingerprint density at radius 1 is 1.09 bits per heavy atom. The number of imidazole rings is 1. The predicted molar refractivity (Wildman–Crippen MR) is 115 cm³/mol. The van der Waals surface area contributed by atoms with Gasteiger partial charge in [-0.25, -0.2) is 33.4 Å². The lowest BCUT2D eigenvalue weighted by molar-refractivity contribution is 0.623. The van der Waals surface area contributed by atoms with Crippen LogP contribution in [-0.2, 0) is 6.54 Å². The second-order valence-electron chi connectivity index (χ2n) is 6.96. The molecule has 3 aromatic heterocycles. The number of nitrogens with zero attached hydrogens (tertiary/aromatic N) is 6. The minimum atomic E-state index is -0.671. The van der Waals surface area contributed by atoms with Crippen molar-refractivity contribution in [2.45, 2.75) is 6.54 Å². The van der Waals surface area contributed by atoms with Gasteiger partial charge in [0, 0.05) is 7.05 Å². The molecule has 0 aliphatic heterocycles. The van der Waals surface area contributed by atoms with Crippen LogP contribution < -0.4 is 15.9 Å². The number of rotatable bonds is 5. The molecule has 0 bridgehead atoms. The Bertz CT molecular complexity index is 1500. The topological polar surface area (TPSA) is 105 Å². The first-order chi connectivity index (χ1) is 15.5. The molecular weight excluding hydrogens is 418 g/mol. The molecule has 0 fully saturated rings. The second-order valence-corrected chi connectivity index (χ2v) is 6.96. The quantitative estimate of drug-likeness (QED) is 0.438. The van der Waals surface area contributed by atoms with E-state index >= 15 is 0 Å². The second kappa shape index (κ2) is 7.69. The smallest absolute Gasteiger partial charge is 0.283 e. The molecule has 5 aromatic rings. The largest absolute Gasteiger partial charge is 0.361 e. The third-order valence-electron chi connectivity index (χ3n) is 5.03. The van der Waals surface area contributed by atoms with E-state index in [2.05, 4.69) is 30.2 Å². The van der Waals surface area contributed by atoms with Crippen LogP contribution in [0.4, 0.5) is 20.3 Å². The molecule has 32 heavy (non-hydrogen) atoms. The highest BCUT2D eigenvalue weighted by Gasteiger charge is 2.18. The molecule has 0 unspecified atom stereocenters. The molecule has 160 valence electrons. The third-order valence-corrected chi connectivity index (χ3v) is 5.03. The van der Waals surface area contributed by atoms with Crippen LogP contribution >= 0.6 is 0 Å². The van der Waals surface area contributed by atoms with Crippen LogP contribution in [0.3, 0.4) is 0 Å². The van der Waals surface area contributed by atoms with Gasteiger partial charge in [0.05, 0.1) is 24.1 Å². The summed E-state index contributed by atoms with van der Waals surface area (Å²) in [5, 5.41) is 4.48. The molecule has 0 radical (unpaired) electrons. The van der Waals surface area contributed by atoms with Gasteiger partial charge in [0.25, 0.3) is 5.56 Å². The summed E-state index contributed by atoms with van der Waals surface area (Å²) in [7, 11) is 1.62. The number of aromatic amines is 1. The molecule has 0 aliphatic carbocycles. The predicted octanol–water partition coefficient (Wildman–Crippen LogP) is 2.85. The number of hydrogen-bond acceptors (Lipinski definition) is 7. The molecule has 0 aliphatic rings. The molecule has 5 rings (SSSR count). The van der Waals surface area contributed by atoms with E-state index in [1.807, 2.05) is 0 Å². The van der Waals surface area contributed by atoms with Crippen molar-refractivity contribution in [3.63, 3.8) is 0 Å². The lowest BCUT2D eigenvalue weighted by Gasteiger charge is -2.25. The van der Waals surface area contributed by atoms with Crippen molar-refractivity contribution in [3.8, 4) is 0 Å². The van der Waals surface area contributed by atoms with Gasteiger partial charge >= 0.3 is 0 Å². The number of nitrogens with one attached hydrogen (secondary N) is 2. The van der Waals surface area contributed by atoms with E-state index in [0.29, 0.717) is 28.5 Å². The number of aromatic nitrogens is 6. The molecule has 0 saturated heterocycles. The first-order valence-electron chi connectivity index (χ1n) is 9.60. The zero-order chi connectivity index (χ0) is 22.2. The lowest BCUT2D eigenvalue weighted by Crippen LogP contribution is -2.39. The molecular formula is C21H16F2N8O. The van der Waals surface area contributed by atoms with E-state index in [9.17, 15) is 13.6 Å². The van der Waals surface area contributed by atoms with Crippen molar-refractivity contribution < 1.29 is 8.78 Å². The van der Waals surface area contributed by atoms with Crippen LogP contribution in [0.2, 0.25) is 0 Å². The van der Waals surface area contributed by atoms with E-state index in [0.717, 1.165) is 0 Å². The van der Waals surface area contributed by atoms with Crippen molar-refractivity contribution in [2.24, 2.45) is 0 Å². The highest BCUT2D eigenvalue weighted by atomic mass is 19.1. The zero-order valence-corrected chi connectivity index (χ0v) is 16.8. The van der Waals surface area contributed by atoms with E-state index < -0.39 is 17.2 Å². The van der Waals surface area contributed by atoms with Crippen LogP contribution in [0.25, 0.3) is 22.1 Å². The Hall–Kier alpha value is -4.41. The van der Waals surface area contributed by atoms with Gasteiger partial charge in [-0.15, -0.1) is 0 Å². The fourth-order valence-electron chi connectivity index (χ4n) is 3.49. The fourth-order valence-corrected chi connectivity index (χ4v) is 3.49. The van der Waals surface area contributed by atoms with Crippen molar-refractivity contribution in [1.29, 1.82) is 0 Å². The first kappa shape index (κ1) is 19.5. The number of anilines is 2. The van der Waals surface area contributed by atoms with Crippen molar-refractivity contribution in [3.05, 3.63) is 82.9 Å². The minimum Gasteiger partial charge on any atom is -0.361 e. The molecule has 0 atom stereocenters. The summed E-state index contributed by atoms with van der Waals surface area (Å²) >= 11 is 0. The standard InChI is InChI=1S/C21H16F2N8O/c1-30(13-7-5-12(22)6-8-13)31-16(29-15-4-2-3-14(23)17(15)21(31)32)9-24-19-18-20(26-10-25-18)28-11-27-19/h2-8,10-11H,9H2,1H3,(H2,24,25,26,27,28). The lowest BCUT2D eigenvalue weighted by atomic mass is 10.2. The highest BCUT2D eigenvalue weighted by molar-refractivity contribution is 5.82. The summed E-state index contributed by atoms with van der Waals surface area (Å²) in [6.45, 7) is 0.0817. The van der Waals surface area contributed by atoms with E-state index in [1.165, 1.54) is 58.7 Å². The zero-order valence-electron chi connectivity index (χ0n) is 16.8. The Kier molecular flexibility index (Phi) is 4.70. The van der Waals surface area contributed by atoms with E-state index in [4.69, 9.17) is 0 Å². The summed E-state index contributed by atoms with van der Waals surface area (Å²) in [6.07, 6.45) is 2.87. The molecule has 3 heterocycles. The Morgan fingerprint density at radius 3 is 2.72 bits per heavy atom. The van der Waals surface area contributed by atoms with Crippen molar-refractivity contribution in [1.82, 2.24) is 29.6 Å². The molecule has 0 spiro atoms. The van der Waals surface area contributed by atoms with Crippen molar-refractivity contribution >= 4 is 33.6 Å². The Balaban J connectivity index is 1.63. The molecule has 0 amide bonds. The highest BCUT2D eigenvalue weighted by Crippen LogP contribution is 2.19.